The number of nitrogens with zero attached hydrogens (tertiary/aromatic N) is 2. The van der Waals surface area contributed by atoms with Crippen LogP contribution in [-0.2, 0) is 20.7 Å². The van der Waals surface area contributed by atoms with Crippen molar-refractivity contribution in [3.05, 3.63) is 16.6 Å². The molecule has 0 atom stereocenters. The lowest BCUT2D eigenvalue weighted by molar-refractivity contribution is 0.166. The molecular formula is C11H19N2O5PS. The maximum atomic E-state index is 12.3. The summed E-state index contributed by atoms with van der Waals surface area (Å²) in [5.74, 6) is 0.786. The molecule has 1 rings (SSSR count). The Morgan fingerprint density at radius 3 is 2.40 bits per heavy atom. The van der Waals surface area contributed by atoms with Gasteiger partial charge in [-0.2, -0.15) is 5.10 Å². The number of phosphoric acid groups is 1. The van der Waals surface area contributed by atoms with E-state index in [2.05, 4.69) is 5.10 Å². The molecule has 0 fully saturated rings. The average molecular weight is 322 g/mol. The number of phosphoric ester groups is 1. The molecule has 1 aromatic heterocycles. The number of aromatic nitrogens is 2. The van der Waals surface area contributed by atoms with Gasteiger partial charge in [-0.25, -0.2) is 9.25 Å². The van der Waals surface area contributed by atoms with Crippen molar-refractivity contribution < 1.29 is 18.1 Å². The van der Waals surface area contributed by atoms with E-state index in [4.69, 9.17) is 13.6 Å². The van der Waals surface area contributed by atoms with Gasteiger partial charge in [0.15, 0.2) is 5.75 Å². The first-order valence-corrected chi connectivity index (χ1v) is 8.69. The van der Waals surface area contributed by atoms with E-state index in [1.807, 2.05) is 6.92 Å². The number of aryl methyl sites for hydroxylation is 1. The van der Waals surface area contributed by atoms with Crippen molar-refractivity contribution in [2.75, 3.05) is 19.0 Å². The lowest BCUT2D eigenvalue weighted by Gasteiger charge is -2.18. The fourth-order valence-electron chi connectivity index (χ4n) is 1.37. The third kappa shape index (κ3) is 4.34. The van der Waals surface area contributed by atoms with E-state index in [1.54, 1.807) is 13.8 Å². The molecule has 0 radical (unpaired) electrons. The Balaban J connectivity index is 3.15. The molecule has 0 spiro atoms. The molecule has 1 aromatic rings. The monoisotopic (exact) mass is 322 g/mol. The van der Waals surface area contributed by atoms with Crippen LogP contribution in [0, 0.1) is 0 Å². The number of hydrogen-bond donors (Lipinski definition) is 0. The summed E-state index contributed by atoms with van der Waals surface area (Å²) in [6.45, 7) is 5.61. The molecule has 9 heteroatoms. The SMILES string of the molecule is CCOP(=O)(OCC)Oc1cnn(C)c(=O)c1SCC. The van der Waals surface area contributed by atoms with Crippen molar-refractivity contribution >= 4 is 19.6 Å². The lowest BCUT2D eigenvalue weighted by Crippen LogP contribution is -2.21. The molecule has 1 heterocycles. The smallest absolute Gasteiger partial charge is 0.401 e. The first kappa shape index (κ1) is 17.2. The van der Waals surface area contributed by atoms with E-state index in [1.165, 1.54) is 29.7 Å². The van der Waals surface area contributed by atoms with Crippen molar-refractivity contribution in [3.8, 4) is 5.75 Å². The van der Waals surface area contributed by atoms with Crippen molar-refractivity contribution in [1.29, 1.82) is 0 Å². The predicted molar refractivity (Wildman–Crippen MR) is 77.4 cm³/mol. The average Bonchev–Trinajstić information content (AvgIpc) is 2.39. The summed E-state index contributed by atoms with van der Waals surface area (Å²) < 4.78 is 28.9. The maximum absolute atomic E-state index is 12.3. The summed E-state index contributed by atoms with van der Waals surface area (Å²) in [5, 5.41) is 3.86. The van der Waals surface area contributed by atoms with Crippen LogP contribution in [0.15, 0.2) is 15.9 Å². The summed E-state index contributed by atoms with van der Waals surface area (Å²) in [7, 11) is -2.19. The van der Waals surface area contributed by atoms with Gasteiger partial charge < -0.3 is 4.52 Å². The second-order valence-electron chi connectivity index (χ2n) is 3.57. The van der Waals surface area contributed by atoms with Gasteiger partial charge in [-0.05, 0) is 19.6 Å². The number of hydrogen-bond acceptors (Lipinski definition) is 7. The Labute approximate surface area is 122 Å². The fraction of sp³-hybridized carbons (Fsp3) is 0.636. The molecule has 7 nitrogen and oxygen atoms in total. The third-order valence-corrected chi connectivity index (χ3v) is 4.66. The number of rotatable bonds is 8. The van der Waals surface area contributed by atoms with Gasteiger partial charge in [-0.1, -0.05) is 6.92 Å². The van der Waals surface area contributed by atoms with Gasteiger partial charge in [-0.3, -0.25) is 13.8 Å². The molecule has 0 saturated carbocycles. The van der Waals surface area contributed by atoms with E-state index in [0.29, 0.717) is 10.6 Å². The van der Waals surface area contributed by atoms with Crippen LogP contribution < -0.4 is 10.1 Å². The predicted octanol–water partition coefficient (Wildman–Crippen LogP) is 2.45. The highest BCUT2D eigenvalue weighted by atomic mass is 32.2. The zero-order chi connectivity index (χ0) is 15.2. The van der Waals surface area contributed by atoms with Crippen LogP contribution in [-0.4, -0.2) is 28.7 Å². The van der Waals surface area contributed by atoms with Gasteiger partial charge in [0.1, 0.15) is 4.90 Å². The summed E-state index contributed by atoms with van der Waals surface area (Å²) in [6.07, 6.45) is 1.34. The first-order chi connectivity index (χ1) is 9.47. The van der Waals surface area contributed by atoms with E-state index in [0.717, 1.165) is 0 Å². The lowest BCUT2D eigenvalue weighted by atomic mass is 10.5. The highest BCUT2D eigenvalue weighted by Crippen LogP contribution is 2.50. The Kier molecular flexibility index (Phi) is 6.75. The quantitative estimate of drug-likeness (QED) is 0.537. The van der Waals surface area contributed by atoms with Gasteiger partial charge in [0.05, 0.1) is 19.4 Å². The van der Waals surface area contributed by atoms with Crippen molar-refractivity contribution in [1.82, 2.24) is 9.78 Å². The van der Waals surface area contributed by atoms with Crippen LogP contribution in [0.2, 0.25) is 0 Å². The van der Waals surface area contributed by atoms with Crippen LogP contribution in [0.25, 0.3) is 0 Å². The third-order valence-electron chi connectivity index (χ3n) is 2.13. The summed E-state index contributed by atoms with van der Waals surface area (Å²) >= 11 is 1.29. The van der Waals surface area contributed by atoms with E-state index >= 15 is 0 Å². The molecule has 0 aliphatic rings. The standard InChI is InChI=1S/C11H19N2O5PS/c1-5-16-19(15,17-6-2)18-9-8-12-13(4)11(14)10(9)20-7-3/h8H,5-7H2,1-4H3. The van der Waals surface area contributed by atoms with Crippen LogP contribution in [0.5, 0.6) is 5.75 Å². The Morgan fingerprint density at radius 1 is 1.30 bits per heavy atom. The molecule has 0 bridgehead atoms. The second-order valence-corrected chi connectivity index (χ2v) is 6.44. The molecule has 0 aromatic carbocycles. The maximum Gasteiger partial charge on any atom is 0.530 e. The minimum atomic E-state index is -3.73. The normalized spacial score (nSPS) is 11.6. The summed E-state index contributed by atoms with van der Waals surface area (Å²) in [4.78, 5) is 12.3. The van der Waals surface area contributed by atoms with Gasteiger partial charge >= 0.3 is 7.82 Å². The zero-order valence-corrected chi connectivity index (χ0v) is 13.7. The molecule has 0 aliphatic carbocycles. The molecule has 0 saturated heterocycles. The molecule has 114 valence electrons. The van der Waals surface area contributed by atoms with Gasteiger partial charge in [0.25, 0.3) is 5.56 Å². The van der Waals surface area contributed by atoms with Crippen LogP contribution >= 0.6 is 19.6 Å². The van der Waals surface area contributed by atoms with Crippen molar-refractivity contribution in [3.63, 3.8) is 0 Å². The van der Waals surface area contributed by atoms with Crippen molar-refractivity contribution in [2.45, 2.75) is 25.7 Å². The van der Waals surface area contributed by atoms with E-state index in [9.17, 15) is 9.36 Å². The Hall–Kier alpha value is -0.820. The summed E-state index contributed by atoms with van der Waals surface area (Å²) in [6, 6.07) is 0. The molecule has 0 aliphatic heterocycles. The van der Waals surface area contributed by atoms with Crippen molar-refractivity contribution in [2.24, 2.45) is 7.05 Å². The van der Waals surface area contributed by atoms with Gasteiger partial charge in [0, 0.05) is 7.05 Å². The highest BCUT2D eigenvalue weighted by molar-refractivity contribution is 7.99. The molecule has 20 heavy (non-hydrogen) atoms. The van der Waals surface area contributed by atoms with Gasteiger partial charge in [0.2, 0.25) is 0 Å². The largest absolute Gasteiger partial charge is 0.530 e. The van der Waals surface area contributed by atoms with Crippen LogP contribution in [0.1, 0.15) is 20.8 Å². The van der Waals surface area contributed by atoms with Gasteiger partial charge in [-0.15, -0.1) is 11.8 Å². The zero-order valence-electron chi connectivity index (χ0n) is 12.0. The minimum Gasteiger partial charge on any atom is -0.401 e. The van der Waals surface area contributed by atoms with E-state index < -0.39 is 7.82 Å². The van der Waals surface area contributed by atoms with Crippen LogP contribution in [0.4, 0.5) is 0 Å². The molecule has 0 unspecified atom stereocenters. The molecular weight excluding hydrogens is 303 g/mol. The Morgan fingerprint density at radius 2 is 1.90 bits per heavy atom. The fourth-order valence-corrected chi connectivity index (χ4v) is 3.41. The highest BCUT2D eigenvalue weighted by Gasteiger charge is 2.29. The number of thioether (sulfide) groups is 1. The second kappa shape index (κ2) is 7.83. The Bertz CT molecular complexity index is 538. The van der Waals surface area contributed by atoms with Crippen LogP contribution in [0.3, 0.4) is 0 Å². The minimum absolute atomic E-state index is 0.116. The first-order valence-electron chi connectivity index (χ1n) is 6.25. The summed E-state index contributed by atoms with van der Waals surface area (Å²) in [5.41, 5.74) is -0.311. The molecule has 0 N–H and O–H groups in total. The van der Waals surface area contributed by atoms with E-state index in [-0.39, 0.29) is 24.5 Å². The topological polar surface area (TPSA) is 79.7 Å². The molecule has 0 amide bonds.